The normalized spacial score (nSPS) is 21.6. The van der Waals surface area contributed by atoms with Crippen LogP contribution >= 0.6 is 0 Å². The fraction of sp³-hybridized carbons (Fsp3) is 0.500. The number of carbonyl (C=O) groups is 1. The van der Waals surface area contributed by atoms with Gasteiger partial charge >= 0.3 is 5.97 Å². The third-order valence-electron chi connectivity index (χ3n) is 3.75. The van der Waals surface area contributed by atoms with E-state index in [1.165, 1.54) is 0 Å². The number of hydrogen-bond donors (Lipinski definition) is 0. The standard InChI is InChI=1S/C18H24N2O3/c1-13(11-14-9-7-6-8-10-14)19-22-16(21)18(5)12-15(20-23-18)17(2,3)4/h6-10H,11-12H2,1-5H3/b19-13+. The maximum Gasteiger partial charge on any atom is 0.381 e. The van der Waals surface area contributed by atoms with Gasteiger partial charge in [0, 0.05) is 18.3 Å². The van der Waals surface area contributed by atoms with Crippen molar-refractivity contribution in [2.45, 2.75) is 53.1 Å². The van der Waals surface area contributed by atoms with Crippen molar-refractivity contribution in [3.05, 3.63) is 35.9 Å². The van der Waals surface area contributed by atoms with E-state index in [1.54, 1.807) is 6.92 Å². The van der Waals surface area contributed by atoms with Crippen molar-refractivity contribution >= 4 is 17.4 Å². The Balaban J connectivity index is 1.93. The van der Waals surface area contributed by atoms with Crippen LogP contribution in [0.2, 0.25) is 0 Å². The van der Waals surface area contributed by atoms with E-state index in [9.17, 15) is 4.79 Å². The van der Waals surface area contributed by atoms with Gasteiger partial charge in [-0.2, -0.15) is 0 Å². The van der Waals surface area contributed by atoms with Gasteiger partial charge in [0.15, 0.2) is 0 Å². The highest BCUT2D eigenvalue weighted by Gasteiger charge is 2.46. The Bertz CT molecular complexity index is 629. The van der Waals surface area contributed by atoms with Crippen molar-refractivity contribution in [3.8, 4) is 0 Å². The lowest BCUT2D eigenvalue weighted by Gasteiger charge is -2.20. The third kappa shape index (κ3) is 4.41. The second-order valence-electron chi connectivity index (χ2n) is 7.15. The molecule has 1 aliphatic rings. The van der Waals surface area contributed by atoms with E-state index in [4.69, 9.17) is 9.68 Å². The summed E-state index contributed by atoms with van der Waals surface area (Å²) < 4.78 is 0. The summed E-state index contributed by atoms with van der Waals surface area (Å²) in [5, 5.41) is 7.98. The van der Waals surface area contributed by atoms with E-state index < -0.39 is 11.6 Å². The monoisotopic (exact) mass is 316 g/mol. The molecular weight excluding hydrogens is 292 g/mol. The molecule has 1 aromatic rings. The number of carbonyl (C=O) groups excluding carboxylic acids is 1. The molecule has 1 unspecified atom stereocenters. The van der Waals surface area contributed by atoms with Crippen LogP contribution in [-0.4, -0.2) is 23.0 Å². The molecule has 0 N–H and O–H groups in total. The van der Waals surface area contributed by atoms with Crippen LogP contribution in [0, 0.1) is 5.41 Å². The maximum atomic E-state index is 12.3. The minimum absolute atomic E-state index is 0.134. The number of hydrogen-bond acceptors (Lipinski definition) is 5. The van der Waals surface area contributed by atoms with Gasteiger partial charge in [0.25, 0.3) is 0 Å². The Morgan fingerprint density at radius 3 is 2.57 bits per heavy atom. The van der Waals surface area contributed by atoms with Gasteiger partial charge in [-0.15, -0.1) is 0 Å². The van der Waals surface area contributed by atoms with E-state index >= 15 is 0 Å². The first kappa shape index (κ1) is 17.2. The molecular formula is C18H24N2O3. The van der Waals surface area contributed by atoms with E-state index in [0.717, 1.165) is 17.0 Å². The van der Waals surface area contributed by atoms with Crippen LogP contribution < -0.4 is 0 Å². The van der Waals surface area contributed by atoms with Crippen LogP contribution in [0.3, 0.4) is 0 Å². The van der Waals surface area contributed by atoms with Crippen molar-refractivity contribution < 1.29 is 14.5 Å². The van der Waals surface area contributed by atoms with Gasteiger partial charge in [0.05, 0.1) is 11.4 Å². The van der Waals surface area contributed by atoms with E-state index in [2.05, 4.69) is 10.3 Å². The van der Waals surface area contributed by atoms with E-state index in [0.29, 0.717) is 12.8 Å². The number of oxime groups is 2. The van der Waals surface area contributed by atoms with Crippen molar-refractivity contribution in [2.75, 3.05) is 0 Å². The molecule has 5 nitrogen and oxygen atoms in total. The fourth-order valence-electron chi connectivity index (χ4n) is 2.19. The topological polar surface area (TPSA) is 60.2 Å². The van der Waals surface area contributed by atoms with Crippen molar-refractivity contribution in [1.82, 2.24) is 0 Å². The summed E-state index contributed by atoms with van der Waals surface area (Å²) in [5.41, 5.74) is 1.46. The van der Waals surface area contributed by atoms with Gasteiger partial charge < -0.3 is 9.68 Å². The highest BCUT2D eigenvalue weighted by molar-refractivity contribution is 5.96. The summed E-state index contributed by atoms with van der Waals surface area (Å²) >= 11 is 0. The summed E-state index contributed by atoms with van der Waals surface area (Å²) in [6.45, 7) is 9.62. The molecule has 1 aliphatic heterocycles. The average molecular weight is 316 g/mol. The molecule has 0 saturated carbocycles. The molecule has 0 amide bonds. The fourth-order valence-corrected chi connectivity index (χ4v) is 2.19. The van der Waals surface area contributed by atoms with Gasteiger partial charge in [0.2, 0.25) is 5.60 Å². The molecule has 0 bridgehead atoms. The summed E-state index contributed by atoms with van der Waals surface area (Å²) in [5.74, 6) is -0.520. The second kappa shape index (κ2) is 6.52. The highest BCUT2D eigenvalue weighted by atomic mass is 16.7. The first-order chi connectivity index (χ1) is 10.7. The van der Waals surface area contributed by atoms with Crippen LogP contribution in [0.5, 0.6) is 0 Å². The summed E-state index contributed by atoms with van der Waals surface area (Å²) in [4.78, 5) is 22.7. The predicted molar refractivity (Wildman–Crippen MR) is 90.3 cm³/mol. The van der Waals surface area contributed by atoms with Crippen molar-refractivity contribution in [3.63, 3.8) is 0 Å². The molecule has 0 saturated heterocycles. The first-order valence-electron chi connectivity index (χ1n) is 7.75. The number of rotatable bonds is 4. The molecule has 5 heteroatoms. The smallest absolute Gasteiger partial charge is 0.377 e. The molecule has 0 fully saturated rings. The third-order valence-corrected chi connectivity index (χ3v) is 3.75. The predicted octanol–water partition coefficient (Wildman–Crippen LogP) is 3.73. The number of benzene rings is 1. The zero-order chi connectivity index (χ0) is 17.1. The molecule has 0 aliphatic carbocycles. The highest BCUT2D eigenvalue weighted by Crippen LogP contribution is 2.32. The molecule has 0 spiro atoms. The average Bonchev–Trinajstić information content (AvgIpc) is 2.90. The van der Waals surface area contributed by atoms with Gasteiger partial charge in [-0.05, 0) is 19.4 Å². The summed E-state index contributed by atoms with van der Waals surface area (Å²) in [6, 6.07) is 9.90. The van der Waals surface area contributed by atoms with Crippen LogP contribution in [0.25, 0.3) is 0 Å². The maximum absolute atomic E-state index is 12.3. The minimum atomic E-state index is -1.10. The van der Waals surface area contributed by atoms with Crippen LogP contribution in [0.15, 0.2) is 40.6 Å². The quantitative estimate of drug-likeness (QED) is 0.483. The molecule has 0 radical (unpaired) electrons. The number of nitrogens with zero attached hydrogens (tertiary/aromatic N) is 2. The Labute approximate surface area is 137 Å². The lowest BCUT2D eigenvalue weighted by molar-refractivity contribution is -0.167. The molecule has 1 atom stereocenters. The molecule has 124 valence electrons. The van der Waals surface area contributed by atoms with E-state index in [-0.39, 0.29) is 5.41 Å². The SMILES string of the molecule is C/C(Cc1ccccc1)=N\OC(=O)C1(C)CC(C(C)(C)C)=NO1. The lowest BCUT2D eigenvalue weighted by Crippen LogP contribution is -2.37. The molecule has 1 heterocycles. The zero-order valence-electron chi connectivity index (χ0n) is 14.4. The minimum Gasteiger partial charge on any atom is -0.377 e. The Morgan fingerprint density at radius 2 is 2.00 bits per heavy atom. The first-order valence-corrected chi connectivity index (χ1v) is 7.75. The van der Waals surface area contributed by atoms with E-state index in [1.807, 2.05) is 58.0 Å². The molecule has 0 aromatic heterocycles. The van der Waals surface area contributed by atoms with Crippen molar-refractivity contribution in [1.29, 1.82) is 0 Å². The zero-order valence-corrected chi connectivity index (χ0v) is 14.4. The lowest BCUT2D eigenvalue weighted by atomic mass is 9.84. The second-order valence-corrected chi connectivity index (χ2v) is 7.15. The molecule has 2 rings (SSSR count). The van der Waals surface area contributed by atoms with Gasteiger partial charge in [0.1, 0.15) is 0 Å². The Hall–Kier alpha value is -2.17. The molecule has 23 heavy (non-hydrogen) atoms. The van der Waals surface area contributed by atoms with Gasteiger partial charge in [-0.3, -0.25) is 0 Å². The van der Waals surface area contributed by atoms with Gasteiger partial charge in [-0.1, -0.05) is 61.4 Å². The Kier molecular flexibility index (Phi) is 4.88. The molecule has 1 aromatic carbocycles. The summed E-state index contributed by atoms with van der Waals surface area (Å²) in [7, 11) is 0. The summed E-state index contributed by atoms with van der Waals surface area (Å²) in [6.07, 6.45) is 1.05. The largest absolute Gasteiger partial charge is 0.381 e. The van der Waals surface area contributed by atoms with Crippen molar-refractivity contribution in [2.24, 2.45) is 15.7 Å². The van der Waals surface area contributed by atoms with Crippen LogP contribution in [0.4, 0.5) is 0 Å². The Morgan fingerprint density at radius 1 is 1.35 bits per heavy atom. The van der Waals surface area contributed by atoms with Crippen LogP contribution in [0.1, 0.15) is 46.6 Å². The van der Waals surface area contributed by atoms with Crippen LogP contribution in [-0.2, 0) is 20.9 Å². The van der Waals surface area contributed by atoms with Gasteiger partial charge in [-0.25, -0.2) is 4.79 Å².